The highest BCUT2D eigenvalue weighted by atomic mass is 32.2. The maximum absolute atomic E-state index is 11.3. The van der Waals surface area contributed by atoms with Crippen LogP contribution in [0.15, 0.2) is 5.03 Å². The molecule has 0 fully saturated rings. The number of aromatic nitrogens is 2. The lowest BCUT2D eigenvalue weighted by atomic mass is 10.2. The summed E-state index contributed by atoms with van der Waals surface area (Å²) in [6.45, 7) is 5.46. The van der Waals surface area contributed by atoms with Gasteiger partial charge in [-0.15, -0.1) is 11.8 Å². The minimum absolute atomic E-state index is 0.0171. The molecule has 0 radical (unpaired) electrons. The molecular formula is C12H18N2O4S2. The fourth-order valence-electron chi connectivity index (χ4n) is 1.47. The van der Waals surface area contributed by atoms with Gasteiger partial charge in [-0.2, -0.15) is 0 Å². The first-order valence-corrected chi connectivity index (χ1v) is 9.08. The molecule has 20 heavy (non-hydrogen) atoms. The van der Waals surface area contributed by atoms with Gasteiger partial charge in [-0.05, 0) is 6.92 Å². The Labute approximate surface area is 122 Å². The highest BCUT2D eigenvalue weighted by molar-refractivity contribution is 8.00. The average molecular weight is 318 g/mol. The van der Waals surface area contributed by atoms with Crippen LogP contribution < -0.4 is 0 Å². The van der Waals surface area contributed by atoms with Crippen LogP contribution in [-0.2, 0) is 9.84 Å². The molecule has 112 valence electrons. The van der Waals surface area contributed by atoms with Gasteiger partial charge in [0.25, 0.3) is 0 Å². The summed E-state index contributed by atoms with van der Waals surface area (Å²) in [6.07, 6.45) is 1.15. The summed E-state index contributed by atoms with van der Waals surface area (Å²) in [5.41, 5.74) is 0.450. The van der Waals surface area contributed by atoms with Crippen LogP contribution in [0.3, 0.4) is 0 Å². The predicted molar refractivity (Wildman–Crippen MR) is 78.3 cm³/mol. The van der Waals surface area contributed by atoms with Crippen molar-refractivity contribution in [2.24, 2.45) is 0 Å². The van der Waals surface area contributed by atoms with Crippen LogP contribution in [0.25, 0.3) is 0 Å². The van der Waals surface area contributed by atoms with E-state index in [-0.39, 0.29) is 23.0 Å². The number of sulfone groups is 1. The van der Waals surface area contributed by atoms with Crippen LogP contribution in [0.4, 0.5) is 0 Å². The number of carbonyl (C=O) groups is 1. The fraction of sp³-hybridized carbons (Fsp3) is 0.583. The first kappa shape index (κ1) is 16.9. The molecule has 0 unspecified atom stereocenters. The summed E-state index contributed by atoms with van der Waals surface area (Å²) < 4.78 is 22.2. The van der Waals surface area contributed by atoms with Crippen LogP contribution in [0.1, 0.15) is 41.6 Å². The molecule has 6 nitrogen and oxygen atoms in total. The Morgan fingerprint density at radius 1 is 1.35 bits per heavy atom. The molecular weight excluding hydrogens is 300 g/mol. The van der Waals surface area contributed by atoms with Crippen molar-refractivity contribution in [2.75, 3.05) is 17.8 Å². The minimum Gasteiger partial charge on any atom is -0.478 e. The van der Waals surface area contributed by atoms with Gasteiger partial charge in [-0.3, -0.25) is 0 Å². The lowest BCUT2D eigenvalue weighted by Gasteiger charge is -2.11. The number of nitrogens with zero attached hydrogens (tertiary/aromatic N) is 2. The first-order chi connectivity index (χ1) is 9.11. The number of carboxylic acids is 1. The molecule has 0 saturated heterocycles. The number of hydrogen-bond donors (Lipinski definition) is 1. The van der Waals surface area contributed by atoms with E-state index in [0.29, 0.717) is 16.5 Å². The molecule has 0 bridgehead atoms. The Hall–Kier alpha value is -1.15. The van der Waals surface area contributed by atoms with E-state index in [4.69, 9.17) is 0 Å². The maximum Gasteiger partial charge on any atom is 0.340 e. The second kappa shape index (κ2) is 6.53. The Kier molecular flexibility index (Phi) is 5.52. The second-order valence-corrected chi connectivity index (χ2v) is 8.13. The van der Waals surface area contributed by atoms with Crippen molar-refractivity contribution < 1.29 is 18.3 Å². The lowest BCUT2D eigenvalue weighted by molar-refractivity contribution is 0.0690. The van der Waals surface area contributed by atoms with Crippen molar-refractivity contribution in [2.45, 2.75) is 31.7 Å². The summed E-state index contributed by atoms with van der Waals surface area (Å²) in [6, 6.07) is 0. The molecule has 0 atom stereocenters. The molecule has 1 aromatic rings. The van der Waals surface area contributed by atoms with Crippen molar-refractivity contribution in [3.63, 3.8) is 0 Å². The molecule has 0 aliphatic carbocycles. The van der Waals surface area contributed by atoms with Crippen LogP contribution >= 0.6 is 11.8 Å². The van der Waals surface area contributed by atoms with Crippen molar-refractivity contribution in [3.05, 3.63) is 17.1 Å². The number of aryl methyl sites for hydroxylation is 1. The highest BCUT2D eigenvalue weighted by Crippen LogP contribution is 2.25. The van der Waals surface area contributed by atoms with E-state index in [1.54, 1.807) is 6.92 Å². The Bertz CT molecular complexity index is 612. The summed E-state index contributed by atoms with van der Waals surface area (Å²) in [4.78, 5) is 19.7. The fourth-order valence-corrected chi connectivity index (χ4v) is 3.74. The highest BCUT2D eigenvalue weighted by Gasteiger charge is 2.19. The van der Waals surface area contributed by atoms with Crippen LogP contribution in [-0.4, -0.2) is 47.2 Å². The molecule has 1 rings (SSSR count). The zero-order chi connectivity index (χ0) is 15.5. The molecule has 1 aromatic heterocycles. The number of carboxylic acid groups (broad SMARTS) is 1. The summed E-state index contributed by atoms with van der Waals surface area (Å²) >= 11 is 1.14. The van der Waals surface area contributed by atoms with Gasteiger partial charge in [-0.25, -0.2) is 23.2 Å². The maximum atomic E-state index is 11.3. The molecule has 8 heteroatoms. The molecule has 0 saturated carbocycles. The van der Waals surface area contributed by atoms with Gasteiger partial charge in [0.05, 0.1) is 11.4 Å². The van der Waals surface area contributed by atoms with E-state index >= 15 is 0 Å². The van der Waals surface area contributed by atoms with E-state index in [1.807, 2.05) is 13.8 Å². The van der Waals surface area contributed by atoms with Crippen LogP contribution in [0.2, 0.25) is 0 Å². The third-order valence-electron chi connectivity index (χ3n) is 2.50. The third-order valence-corrected chi connectivity index (χ3v) is 4.68. The third kappa shape index (κ3) is 4.75. The number of aromatic carboxylic acids is 1. The molecule has 0 spiro atoms. The zero-order valence-electron chi connectivity index (χ0n) is 11.9. The minimum atomic E-state index is -3.08. The largest absolute Gasteiger partial charge is 0.478 e. The smallest absolute Gasteiger partial charge is 0.340 e. The molecule has 0 aliphatic rings. The molecule has 1 N–H and O–H groups in total. The molecule has 0 aliphatic heterocycles. The zero-order valence-corrected chi connectivity index (χ0v) is 13.5. The summed E-state index contributed by atoms with van der Waals surface area (Å²) in [7, 11) is -3.08. The Morgan fingerprint density at radius 3 is 2.40 bits per heavy atom. The number of thioether (sulfide) groups is 1. The molecule has 0 amide bonds. The Morgan fingerprint density at radius 2 is 1.95 bits per heavy atom. The standard InChI is InChI=1S/C12H18N2O4S2/c1-7(2)10-13-8(3)9(12(15)16)11(14-10)19-5-6-20(4,17)18/h7H,5-6H2,1-4H3,(H,15,16). The van der Waals surface area contributed by atoms with E-state index in [1.165, 1.54) is 0 Å². The Balaban J connectivity index is 3.10. The average Bonchev–Trinajstić information content (AvgIpc) is 2.25. The van der Waals surface area contributed by atoms with Crippen LogP contribution in [0.5, 0.6) is 0 Å². The van der Waals surface area contributed by atoms with Crippen molar-refractivity contribution in [3.8, 4) is 0 Å². The van der Waals surface area contributed by atoms with Gasteiger partial charge >= 0.3 is 5.97 Å². The number of hydrogen-bond acceptors (Lipinski definition) is 6. The van der Waals surface area contributed by atoms with Gasteiger partial charge in [0.1, 0.15) is 26.3 Å². The monoisotopic (exact) mass is 318 g/mol. The lowest BCUT2D eigenvalue weighted by Crippen LogP contribution is -2.12. The summed E-state index contributed by atoms with van der Waals surface area (Å²) in [5, 5.41) is 9.55. The van der Waals surface area contributed by atoms with Crippen LogP contribution in [0, 0.1) is 6.92 Å². The van der Waals surface area contributed by atoms with E-state index in [2.05, 4.69) is 9.97 Å². The molecule has 0 aromatic carbocycles. The van der Waals surface area contributed by atoms with Gasteiger partial charge in [0, 0.05) is 17.9 Å². The van der Waals surface area contributed by atoms with Crippen molar-refractivity contribution in [1.82, 2.24) is 9.97 Å². The van der Waals surface area contributed by atoms with Crippen molar-refractivity contribution in [1.29, 1.82) is 0 Å². The molecule has 1 heterocycles. The van der Waals surface area contributed by atoms with Crippen molar-refractivity contribution >= 4 is 27.6 Å². The van der Waals surface area contributed by atoms with Gasteiger partial charge in [-0.1, -0.05) is 13.8 Å². The second-order valence-electron chi connectivity index (χ2n) is 4.79. The number of rotatable bonds is 6. The van der Waals surface area contributed by atoms with Gasteiger partial charge < -0.3 is 5.11 Å². The van der Waals surface area contributed by atoms with E-state index < -0.39 is 15.8 Å². The summed E-state index contributed by atoms with van der Waals surface area (Å²) in [5.74, 6) is -0.205. The van der Waals surface area contributed by atoms with E-state index in [0.717, 1.165) is 18.0 Å². The normalized spacial score (nSPS) is 11.8. The quantitative estimate of drug-likeness (QED) is 0.630. The van der Waals surface area contributed by atoms with Gasteiger partial charge in [0.15, 0.2) is 0 Å². The van der Waals surface area contributed by atoms with E-state index in [9.17, 15) is 18.3 Å². The SMILES string of the molecule is Cc1nc(C(C)C)nc(SCCS(C)(=O)=O)c1C(=O)O. The predicted octanol–water partition coefficient (Wildman–Crippen LogP) is 1.74. The topological polar surface area (TPSA) is 97.2 Å². The van der Waals surface area contributed by atoms with Gasteiger partial charge in [0.2, 0.25) is 0 Å². The first-order valence-electron chi connectivity index (χ1n) is 6.04.